The zero-order chi connectivity index (χ0) is 13.6. The molecule has 0 heterocycles. The number of carboxylic acid groups (broad SMARTS) is 1. The number of benzene rings is 1. The molecule has 1 aromatic rings. The summed E-state index contributed by atoms with van der Waals surface area (Å²) in [6.45, 7) is 3.30. The van der Waals surface area contributed by atoms with Gasteiger partial charge in [-0.1, -0.05) is 18.2 Å². The Kier molecular flexibility index (Phi) is 5.22. The van der Waals surface area contributed by atoms with Crippen molar-refractivity contribution in [3.63, 3.8) is 0 Å². The Labute approximate surface area is 111 Å². The van der Waals surface area contributed by atoms with Crippen LogP contribution in [0.4, 0.5) is 5.69 Å². The number of anilines is 1. The Balaban J connectivity index is 2.32. The van der Waals surface area contributed by atoms with Crippen LogP contribution >= 0.6 is 11.8 Å². The Morgan fingerprint density at radius 1 is 1.28 bits per heavy atom. The highest BCUT2D eigenvalue weighted by molar-refractivity contribution is 8.00. The first-order valence-corrected chi connectivity index (χ1v) is 6.73. The first-order valence-electron chi connectivity index (χ1n) is 5.58. The molecule has 0 saturated heterocycles. The third kappa shape index (κ3) is 4.79. The molecule has 0 unspecified atom stereocenters. The quantitative estimate of drug-likeness (QED) is 0.831. The van der Waals surface area contributed by atoms with E-state index in [-0.39, 0.29) is 11.7 Å². The summed E-state index contributed by atoms with van der Waals surface area (Å²) in [6.07, 6.45) is 0. The van der Waals surface area contributed by atoms with Crippen molar-refractivity contribution in [2.45, 2.75) is 13.8 Å². The van der Waals surface area contributed by atoms with Crippen LogP contribution in [0.2, 0.25) is 0 Å². The average Bonchev–Trinajstić information content (AvgIpc) is 2.29. The summed E-state index contributed by atoms with van der Waals surface area (Å²) in [5.41, 5.74) is -0.0573. The second-order valence-corrected chi connectivity index (χ2v) is 5.58. The van der Waals surface area contributed by atoms with Crippen molar-refractivity contribution in [3.05, 3.63) is 30.3 Å². The predicted octanol–water partition coefficient (Wildman–Crippen LogP) is 2.47. The SMILES string of the molecule is CC(C)(CSCC(=O)Nc1ccccc1)C(=O)O. The number of nitrogens with one attached hydrogen (secondary N) is 1. The lowest BCUT2D eigenvalue weighted by Crippen LogP contribution is -2.27. The van der Waals surface area contributed by atoms with Crippen molar-refractivity contribution in [1.29, 1.82) is 0 Å². The lowest BCUT2D eigenvalue weighted by molar-refractivity contribution is -0.145. The van der Waals surface area contributed by atoms with Crippen LogP contribution in [-0.4, -0.2) is 28.5 Å². The highest BCUT2D eigenvalue weighted by Gasteiger charge is 2.27. The van der Waals surface area contributed by atoms with E-state index in [1.807, 2.05) is 30.3 Å². The van der Waals surface area contributed by atoms with Gasteiger partial charge in [0.25, 0.3) is 0 Å². The largest absolute Gasteiger partial charge is 0.481 e. The second kappa shape index (κ2) is 6.44. The molecule has 98 valence electrons. The zero-order valence-electron chi connectivity index (χ0n) is 10.5. The van der Waals surface area contributed by atoms with Crippen molar-refractivity contribution in [1.82, 2.24) is 0 Å². The van der Waals surface area contributed by atoms with E-state index in [0.717, 1.165) is 5.69 Å². The van der Waals surface area contributed by atoms with Gasteiger partial charge in [0.15, 0.2) is 0 Å². The summed E-state index contributed by atoms with van der Waals surface area (Å²) in [7, 11) is 0. The smallest absolute Gasteiger partial charge is 0.309 e. The standard InChI is InChI=1S/C13H17NO3S/c1-13(2,12(16)17)9-18-8-11(15)14-10-6-4-3-5-7-10/h3-7H,8-9H2,1-2H3,(H,14,15)(H,16,17). The third-order valence-corrected chi connectivity index (χ3v) is 3.72. The first kappa shape index (κ1) is 14.6. The fraction of sp³-hybridized carbons (Fsp3) is 0.385. The van der Waals surface area contributed by atoms with Crippen molar-refractivity contribution < 1.29 is 14.7 Å². The molecule has 0 saturated carbocycles. The molecule has 18 heavy (non-hydrogen) atoms. The number of carbonyl (C=O) groups excluding carboxylic acids is 1. The van der Waals surface area contributed by atoms with Gasteiger partial charge in [-0.25, -0.2) is 0 Å². The number of rotatable bonds is 6. The van der Waals surface area contributed by atoms with E-state index >= 15 is 0 Å². The van der Waals surface area contributed by atoms with E-state index in [4.69, 9.17) is 5.11 Å². The number of para-hydroxylation sites is 1. The fourth-order valence-corrected chi connectivity index (χ4v) is 2.17. The summed E-state index contributed by atoms with van der Waals surface area (Å²) < 4.78 is 0. The van der Waals surface area contributed by atoms with Gasteiger partial charge in [-0.3, -0.25) is 9.59 Å². The fourth-order valence-electron chi connectivity index (χ4n) is 1.18. The van der Waals surface area contributed by atoms with E-state index in [1.165, 1.54) is 11.8 Å². The number of thioether (sulfide) groups is 1. The summed E-state index contributed by atoms with van der Waals surface area (Å²) in [4.78, 5) is 22.5. The Bertz CT molecular complexity index is 418. The molecule has 0 aliphatic carbocycles. The van der Waals surface area contributed by atoms with Crippen molar-refractivity contribution in [2.24, 2.45) is 5.41 Å². The monoisotopic (exact) mass is 267 g/mol. The van der Waals surface area contributed by atoms with Gasteiger partial charge < -0.3 is 10.4 Å². The van der Waals surface area contributed by atoms with Gasteiger partial charge >= 0.3 is 5.97 Å². The number of carbonyl (C=O) groups is 2. The van der Waals surface area contributed by atoms with Crippen LogP contribution in [0.1, 0.15) is 13.8 Å². The molecule has 0 fully saturated rings. The van der Waals surface area contributed by atoms with Gasteiger partial charge in [0.05, 0.1) is 11.2 Å². The summed E-state index contributed by atoms with van der Waals surface area (Å²) in [5.74, 6) is -0.304. The number of amides is 1. The molecule has 4 nitrogen and oxygen atoms in total. The van der Waals surface area contributed by atoms with Gasteiger partial charge in [0.1, 0.15) is 0 Å². The summed E-state index contributed by atoms with van der Waals surface area (Å²) >= 11 is 1.32. The maximum atomic E-state index is 11.6. The van der Waals surface area contributed by atoms with E-state index in [9.17, 15) is 9.59 Å². The minimum Gasteiger partial charge on any atom is -0.481 e. The average molecular weight is 267 g/mol. The number of hydrogen-bond donors (Lipinski definition) is 2. The highest BCUT2D eigenvalue weighted by atomic mass is 32.2. The minimum atomic E-state index is -0.849. The van der Waals surface area contributed by atoms with Crippen LogP contribution in [-0.2, 0) is 9.59 Å². The molecule has 0 atom stereocenters. The lowest BCUT2D eigenvalue weighted by atomic mass is 9.97. The van der Waals surface area contributed by atoms with Crippen LogP contribution in [0.25, 0.3) is 0 Å². The van der Waals surface area contributed by atoms with Crippen LogP contribution in [0.5, 0.6) is 0 Å². The normalized spacial score (nSPS) is 11.0. The van der Waals surface area contributed by atoms with Crippen molar-refractivity contribution in [2.75, 3.05) is 16.8 Å². The Hall–Kier alpha value is -1.49. The molecule has 0 aromatic heterocycles. The molecule has 0 aliphatic rings. The number of aliphatic carboxylic acids is 1. The molecule has 0 aliphatic heterocycles. The third-order valence-electron chi connectivity index (χ3n) is 2.33. The lowest BCUT2D eigenvalue weighted by Gasteiger charge is -2.17. The first-order chi connectivity index (χ1) is 8.42. The maximum absolute atomic E-state index is 11.6. The molecule has 0 spiro atoms. The maximum Gasteiger partial charge on any atom is 0.309 e. The van der Waals surface area contributed by atoms with E-state index in [0.29, 0.717) is 5.75 Å². The number of hydrogen-bond acceptors (Lipinski definition) is 3. The topological polar surface area (TPSA) is 66.4 Å². The molecule has 5 heteroatoms. The van der Waals surface area contributed by atoms with E-state index in [1.54, 1.807) is 13.8 Å². The summed E-state index contributed by atoms with van der Waals surface area (Å²) in [5, 5.41) is 11.7. The second-order valence-electron chi connectivity index (χ2n) is 4.60. The van der Waals surface area contributed by atoms with E-state index in [2.05, 4.69) is 5.32 Å². The van der Waals surface area contributed by atoms with Crippen molar-refractivity contribution >= 4 is 29.3 Å². The van der Waals surface area contributed by atoms with Crippen LogP contribution in [0.3, 0.4) is 0 Å². The molecule has 1 rings (SSSR count). The van der Waals surface area contributed by atoms with Gasteiger partial charge in [0.2, 0.25) is 5.91 Å². The van der Waals surface area contributed by atoms with E-state index < -0.39 is 11.4 Å². The van der Waals surface area contributed by atoms with Gasteiger partial charge in [-0.2, -0.15) is 11.8 Å². The number of carboxylic acids is 1. The van der Waals surface area contributed by atoms with Gasteiger partial charge in [-0.05, 0) is 26.0 Å². The molecular formula is C13H17NO3S. The molecule has 1 aromatic carbocycles. The van der Waals surface area contributed by atoms with Crippen LogP contribution in [0.15, 0.2) is 30.3 Å². The van der Waals surface area contributed by atoms with Crippen LogP contribution < -0.4 is 5.32 Å². The molecule has 0 radical (unpaired) electrons. The van der Waals surface area contributed by atoms with Gasteiger partial charge in [0, 0.05) is 11.4 Å². The van der Waals surface area contributed by atoms with Crippen LogP contribution in [0, 0.1) is 5.41 Å². The molecule has 2 N–H and O–H groups in total. The molecular weight excluding hydrogens is 250 g/mol. The summed E-state index contributed by atoms with van der Waals surface area (Å²) in [6, 6.07) is 9.18. The Morgan fingerprint density at radius 3 is 2.44 bits per heavy atom. The molecule has 0 bridgehead atoms. The Morgan fingerprint density at radius 2 is 1.89 bits per heavy atom. The van der Waals surface area contributed by atoms with Crippen molar-refractivity contribution in [3.8, 4) is 0 Å². The molecule has 1 amide bonds. The van der Waals surface area contributed by atoms with Gasteiger partial charge in [-0.15, -0.1) is 0 Å². The predicted molar refractivity (Wildman–Crippen MR) is 73.8 cm³/mol. The zero-order valence-corrected chi connectivity index (χ0v) is 11.3. The highest BCUT2D eigenvalue weighted by Crippen LogP contribution is 2.22. The minimum absolute atomic E-state index is 0.118.